The zero-order chi connectivity index (χ0) is 74.6. The van der Waals surface area contributed by atoms with Crippen LogP contribution in [-0.4, -0.2) is 96.7 Å². The van der Waals surface area contributed by atoms with Crippen LogP contribution in [0, 0.1) is 0 Å². The Balaban J connectivity index is 5.38. The van der Waals surface area contributed by atoms with Crippen molar-refractivity contribution in [1.29, 1.82) is 0 Å². The Morgan fingerprint density at radius 3 is 0.814 bits per heavy atom. The van der Waals surface area contributed by atoms with Gasteiger partial charge in [-0.25, -0.2) is 9.13 Å². The van der Waals surface area contributed by atoms with E-state index in [9.17, 15) is 43.2 Å². The van der Waals surface area contributed by atoms with Gasteiger partial charge in [0.2, 0.25) is 0 Å². The van der Waals surface area contributed by atoms with Gasteiger partial charge in [0, 0.05) is 25.7 Å². The Morgan fingerprint density at radius 2 is 0.490 bits per heavy atom. The molecular formula is C83H150O17P2. The molecule has 5 atom stereocenters. The summed E-state index contributed by atoms with van der Waals surface area (Å²) >= 11 is 0. The van der Waals surface area contributed by atoms with Crippen LogP contribution in [0.5, 0.6) is 0 Å². The van der Waals surface area contributed by atoms with Crippen molar-refractivity contribution < 1.29 is 80.2 Å². The summed E-state index contributed by atoms with van der Waals surface area (Å²) < 4.78 is 68.6. The van der Waals surface area contributed by atoms with Crippen LogP contribution < -0.4 is 0 Å². The maximum Gasteiger partial charge on any atom is 0.472 e. The third kappa shape index (κ3) is 74.8. The summed E-state index contributed by atoms with van der Waals surface area (Å²) in [5.41, 5.74) is 0. The van der Waals surface area contributed by atoms with Gasteiger partial charge in [-0.2, -0.15) is 0 Å². The van der Waals surface area contributed by atoms with Crippen LogP contribution in [0.4, 0.5) is 0 Å². The molecule has 0 aromatic carbocycles. The van der Waals surface area contributed by atoms with E-state index in [-0.39, 0.29) is 25.7 Å². The van der Waals surface area contributed by atoms with Gasteiger partial charge in [-0.3, -0.25) is 37.3 Å². The van der Waals surface area contributed by atoms with Crippen LogP contribution >= 0.6 is 15.6 Å². The predicted octanol–water partition coefficient (Wildman–Crippen LogP) is 24.0. The molecule has 0 aromatic heterocycles. The minimum absolute atomic E-state index is 0.0868. The number of phosphoric acid groups is 2. The first kappa shape index (κ1) is 98.5. The van der Waals surface area contributed by atoms with Crippen molar-refractivity contribution >= 4 is 39.5 Å². The van der Waals surface area contributed by atoms with Crippen molar-refractivity contribution in [2.24, 2.45) is 0 Å². The molecule has 0 aliphatic heterocycles. The maximum absolute atomic E-state index is 13.1. The molecule has 0 radical (unpaired) electrons. The smallest absolute Gasteiger partial charge is 0.462 e. The number of esters is 4. The summed E-state index contributed by atoms with van der Waals surface area (Å²) in [6.45, 7) is 4.83. The van der Waals surface area contributed by atoms with Gasteiger partial charge in [0.1, 0.15) is 19.3 Å². The van der Waals surface area contributed by atoms with Crippen molar-refractivity contribution in [3.8, 4) is 0 Å². The van der Waals surface area contributed by atoms with Gasteiger partial charge in [-0.1, -0.05) is 306 Å². The molecule has 0 fully saturated rings. The lowest BCUT2D eigenvalue weighted by Crippen LogP contribution is -2.30. The van der Waals surface area contributed by atoms with E-state index < -0.39 is 97.5 Å². The number of rotatable bonds is 78. The molecule has 0 amide bonds. The summed E-state index contributed by atoms with van der Waals surface area (Å²) in [7, 11) is -9.96. The van der Waals surface area contributed by atoms with E-state index in [4.69, 9.17) is 37.0 Å². The molecule has 0 aliphatic rings. The van der Waals surface area contributed by atoms with Crippen molar-refractivity contribution in [3.63, 3.8) is 0 Å². The van der Waals surface area contributed by atoms with Crippen LogP contribution in [0.2, 0.25) is 0 Å². The number of carbonyl (C=O) groups is 4. The number of hydrogen-bond donors (Lipinski definition) is 3. The number of ether oxygens (including phenoxy) is 4. The van der Waals surface area contributed by atoms with Crippen molar-refractivity contribution in [2.45, 2.75) is 393 Å². The number of phosphoric ester groups is 2. The third-order valence-corrected chi connectivity index (χ3v) is 19.5. The monoisotopic (exact) mass is 1480 g/mol. The largest absolute Gasteiger partial charge is 0.472 e. The molecule has 0 saturated heterocycles. The molecule has 0 aliphatic carbocycles. The maximum atomic E-state index is 13.1. The van der Waals surface area contributed by atoms with Gasteiger partial charge in [0.05, 0.1) is 26.4 Å². The summed E-state index contributed by atoms with van der Waals surface area (Å²) in [6, 6.07) is 0. The van der Waals surface area contributed by atoms with Crippen LogP contribution in [0.1, 0.15) is 374 Å². The molecule has 3 N–H and O–H groups in total. The zero-order valence-electron chi connectivity index (χ0n) is 65.0. The van der Waals surface area contributed by atoms with Crippen molar-refractivity contribution in [3.05, 3.63) is 72.9 Å². The van der Waals surface area contributed by atoms with Gasteiger partial charge < -0.3 is 33.8 Å². The Hall–Kier alpha value is -3.50. The van der Waals surface area contributed by atoms with Gasteiger partial charge >= 0.3 is 39.5 Å². The van der Waals surface area contributed by atoms with E-state index in [2.05, 4.69) is 88.5 Å². The fourth-order valence-corrected chi connectivity index (χ4v) is 12.9. The Labute approximate surface area is 622 Å². The molecule has 17 nitrogen and oxygen atoms in total. The van der Waals surface area contributed by atoms with E-state index >= 15 is 0 Å². The number of unbranched alkanes of at least 4 members (excludes halogenated alkanes) is 40. The van der Waals surface area contributed by atoms with Crippen LogP contribution in [-0.2, 0) is 65.4 Å². The Kier molecular flexibility index (Phi) is 73.1. The first-order valence-corrected chi connectivity index (χ1v) is 44.2. The minimum atomic E-state index is -4.98. The van der Waals surface area contributed by atoms with Gasteiger partial charge in [-0.15, -0.1) is 0 Å². The van der Waals surface area contributed by atoms with Crippen LogP contribution in [0.25, 0.3) is 0 Å². The second-order valence-electron chi connectivity index (χ2n) is 27.7. The molecule has 102 heavy (non-hydrogen) atoms. The molecule has 0 heterocycles. The first-order chi connectivity index (χ1) is 49.7. The molecule has 594 valence electrons. The minimum Gasteiger partial charge on any atom is -0.462 e. The summed E-state index contributed by atoms with van der Waals surface area (Å²) in [5, 5.41) is 10.6. The molecule has 0 spiro atoms. The van der Waals surface area contributed by atoms with Gasteiger partial charge in [-0.05, 0) is 116 Å². The second-order valence-corrected chi connectivity index (χ2v) is 30.6. The van der Waals surface area contributed by atoms with Gasteiger partial charge in [0.25, 0.3) is 0 Å². The fourth-order valence-electron chi connectivity index (χ4n) is 11.3. The van der Waals surface area contributed by atoms with Crippen molar-refractivity contribution in [1.82, 2.24) is 0 Å². The highest BCUT2D eigenvalue weighted by molar-refractivity contribution is 7.47. The predicted molar refractivity (Wildman–Crippen MR) is 418 cm³/mol. The Bertz CT molecular complexity index is 2210. The molecular weight excluding hydrogens is 1330 g/mol. The molecule has 19 heteroatoms. The standard InChI is InChI=1S/C83H150O17P2/c1-5-9-13-17-21-25-29-33-37-38-42-44-48-52-56-60-64-68-81(86)94-74-79(100-83(88)70-66-62-58-54-50-46-41-36-32-28-24-20-16-12-8-4)76-98-102(91,92)96-72-77(84)71-95-101(89,90)97-75-78(99-82(87)69-65-61-57-53-49-45-40-35-31-27-23-19-15-11-7-3)73-93-80(85)67-63-59-55-51-47-43-39-34-30-26-22-18-14-10-6-2/h21,25-26,30,33,35,37,40,42,44,52,56,77-79,84H,5-20,22-24,27-29,31-32,34,36,38-39,41,43,45-51,53-55,57-76H2,1-4H3,(H,89,90)(H,91,92)/b25-21-,30-26-,37-33-,40-35-,44-42-,56-52-/t77-,78+,79+/m0/s1. The number of aliphatic hydroxyl groups is 1. The molecule has 0 aromatic rings. The lowest BCUT2D eigenvalue weighted by atomic mass is 10.0. The van der Waals surface area contributed by atoms with E-state index in [1.807, 2.05) is 12.2 Å². The average molecular weight is 1480 g/mol. The second kappa shape index (κ2) is 75.7. The highest BCUT2D eigenvalue weighted by Crippen LogP contribution is 2.45. The summed E-state index contributed by atoms with van der Waals surface area (Å²) in [4.78, 5) is 73.0. The molecule has 0 rings (SSSR count). The summed E-state index contributed by atoms with van der Waals surface area (Å²) in [5.74, 6) is -2.22. The third-order valence-electron chi connectivity index (χ3n) is 17.6. The van der Waals surface area contributed by atoms with E-state index in [0.717, 1.165) is 128 Å². The van der Waals surface area contributed by atoms with Crippen LogP contribution in [0.15, 0.2) is 72.9 Å². The topological polar surface area (TPSA) is 237 Å². The van der Waals surface area contributed by atoms with E-state index in [1.54, 1.807) is 0 Å². The quantitative estimate of drug-likeness (QED) is 0.0169. The number of aliphatic hydroxyl groups excluding tert-OH is 1. The summed E-state index contributed by atoms with van der Waals surface area (Å²) in [6.07, 6.45) is 77.3. The fraction of sp³-hybridized carbons (Fsp3) is 0.807. The lowest BCUT2D eigenvalue weighted by molar-refractivity contribution is -0.161. The van der Waals surface area contributed by atoms with Crippen LogP contribution in [0.3, 0.4) is 0 Å². The molecule has 0 saturated carbocycles. The average Bonchev–Trinajstić information content (AvgIpc) is 0.923. The highest BCUT2D eigenvalue weighted by Gasteiger charge is 2.30. The molecule has 0 bridgehead atoms. The number of hydrogen-bond acceptors (Lipinski definition) is 15. The van der Waals surface area contributed by atoms with Crippen molar-refractivity contribution in [2.75, 3.05) is 39.6 Å². The van der Waals surface area contributed by atoms with E-state index in [1.165, 1.54) is 161 Å². The Morgan fingerprint density at radius 1 is 0.275 bits per heavy atom. The zero-order valence-corrected chi connectivity index (χ0v) is 66.8. The SMILES string of the molecule is CCCCC/C=C\C/C=C\C/C=C\C/C=C\CCCC(=O)OC[C@H](COP(=O)(O)OC[C@@H](O)COP(=O)(O)OC[C@@H](COC(=O)CCCCCCCCC/C=C\CCCCCC)OC(=O)CCCCCCC/C=C\CCCCCCCC)OC(=O)CCCCCCCCCCCCCCCCC. The highest BCUT2D eigenvalue weighted by atomic mass is 31.2. The lowest BCUT2D eigenvalue weighted by Gasteiger charge is -2.21. The molecule has 2 unspecified atom stereocenters. The van der Waals surface area contributed by atoms with E-state index in [0.29, 0.717) is 32.1 Å². The normalized spacial score (nSPS) is 14.2. The first-order valence-electron chi connectivity index (χ1n) is 41.2. The number of allylic oxidation sites excluding steroid dienone is 12. The van der Waals surface area contributed by atoms with Gasteiger partial charge in [0.15, 0.2) is 12.2 Å². The number of carbonyl (C=O) groups excluding carboxylic acids is 4.